The molecule has 5 heteroatoms. The zero-order chi connectivity index (χ0) is 17.6. The van der Waals surface area contributed by atoms with E-state index in [9.17, 15) is 9.59 Å². The van der Waals surface area contributed by atoms with Crippen molar-refractivity contribution in [3.8, 4) is 0 Å². The molecule has 0 atom stereocenters. The van der Waals surface area contributed by atoms with Crippen LogP contribution in [0.3, 0.4) is 0 Å². The Morgan fingerprint density at radius 2 is 1.68 bits per heavy atom. The second-order valence-electron chi connectivity index (χ2n) is 6.31. The molecule has 0 fully saturated rings. The molecule has 0 radical (unpaired) electrons. The van der Waals surface area contributed by atoms with Gasteiger partial charge in [0.25, 0.3) is 0 Å². The second-order valence-corrected chi connectivity index (χ2v) is 6.31. The van der Waals surface area contributed by atoms with Crippen molar-refractivity contribution in [2.75, 3.05) is 6.54 Å². The topological polar surface area (TPSA) is 69.6 Å². The lowest BCUT2D eigenvalue weighted by molar-refractivity contribution is -0.136. The van der Waals surface area contributed by atoms with Crippen molar-refractivity contribution in [1.29, 1.82) is 0 Å². The van der Waals surface area contributed by atoms with Crippen LogP contribution in [0.1, 0.15) is 28.7 Å². The average Bonchev–Trinajstić information content (AvgIpc) is 2.64. The molecular formula is C20H22N2O3. The molecule has 5 nitrogen and oxygen atoms in total. The first-order valence-corrected chi connectivity index (χ1v) is 8.51. The van der Waals surface area contributed by atoms with Gasteiger partial charge in [-0.05, 0) is 35.1 Å². The van der Waals surface area contributed by atoms with Crippen LogP contribution in [-0.4, -0.2) is 28.6 Å². The van der Waals surface area contributed by atoms with Crippen molar-refractivity contribution in [3.05, 3.63) is 70.8 Å². The highest BCUT2D eigenvalue weighted by Gasteiger charge is 2.19. The molecule has 0 saturated heterocycles. The highest BCUT2D eigenvalue weighted by Crippen LogP contribution is 2.18. The lowest BCUT2D eigenvalue weighted by Gasteiger charge is -2.29. The number of nitrogens with zero attached hydrogens (tertiary/aromatic N) is 1. The summed E-state index contributed by atoms with van der Waals surface area (Å²) in [6, 6.07) is 15.9. The Labute approximate surface area is 147 Å². The van der Waals surface area contributed by atoms with Crippen LogP contribution in [0.4, 0.5) is 4.79 Å². The van der Waals surface area contributed by atoms with E-state index in [1.807, 2.05) is 41.3 Å². The number of carboxylic acids is 1. The summed E-state index contributed by atoms with van der Waals surface area (Å²) in [6.07, 6.45) is 1.55. The molecule has 25 heavy (non-hydrogen) atoms. The molecule has 130 valence electrons. The van der Waals surface area contributed by atoms with E-state index < -0.39 is 5.97 Å². The van der Waals surface area contributed by atoms with E-state index in [1.165, 1.54) is 11.1 Å². The Kier molecular flexibility index (Phi) is 5.33. The molecule has 0 aromatic heterocycles. The van der Waals surface area contributed by atoms with Crippen molar-refractivity contribution in [2.45, 2.75) is 32.4 Å². The Morgan fingerprint density at radius 3 is 2.40 bits per heavy atom. The highest BCUT2D eigenvalue weighted by molar-refractivity contribution is 5.74. The van der Waals surface area contributed by atoms with Crippen LogP contribution in [-0.2, 0) is 30.7 Å². The Balaban J connectivity index is 1.50. The van der Waals surface area contributed by atoms with Crippen LogP contribution >= 0.6 is 0 Å². The summed E-state index contributed by atoms with van der Waals surface area (Å²) in [6.45, 7) is 1.85. The molecule has 0 spiro atoms. The predicted molar refractivity (Wildman–Crippen MR) is 95.2 cm³/mol. The Bertz CT molecular complexity index is 756. The number of nitrogens with one attached hydrogen (secondary N) is 1. The van der Waals surface area contributed by atoms with Gasteiger partial charge in [-0.25, -0.2) is 4.79 Å². The maximum atomic E-state index is 12.4. The van der Waals surface area contributed by atoms with Crippen LogP contribution in [0, 0.1) is 0 Å². The molecule has 0 aliphatic carbocycles. The van der Waals surface area contributed by atoms with Crippen LogP contribution < -0.4 is 5.32 Å². The van der Waals surface area contributed by atoms with E-state index >= 15 is 0 Å². The molecular weight excluding hydrogens is 316 g/mol. The number of fused-ring (bicyclic) bond motifs is 1. The van der Waals surface area contributed by atoms with Crippen molar-refractivity contribution in [1.82, 2.24) is 10.2 Å². The second kappa shape index (κ2) is 7.83. The minimum absolute atomic E-state index is 0.0514. The first-order valence-electron chi connectivity index (χ1n) is 8.51. The lowest BCUT2D eigenvalue weighted by atomic mass is 10.0. The number of hydrogen-bond acceptors (Lipinski definition) is 2. The number of aryl methyl sites for hydroxylation is 1. The molecule has 2 N–H and O–H groups in total. The fourth-order valence-corrected chi connectivity index (χ4v) is 3.03. The number of benzene rings is 2. The third kappa shape index (κ3) is 4.59. The third-order valence-corrected chi connectivity index (χ3v) is 4.51. The minimum Gasteiger partial charge on any atom is -0.481 e. The first kappa shape index (κ1) is 17.0. The predicted octanol–water partition coefficient (Wildman–Crippen LogP) is 2.97. The number of hydrogen-bond donors (Lipinski definition) is 2. The fraction of sp³-hybridized carbons (Fsp3) is 0.300. The Morgan fingerprint density at radius 1 is 1.00 bits per heavy atom. The third-order valence-electron chi connectivity index (χ3n) is 4.51. The summed E-state index contributed by atoms with van der Waals surface area (Å²) in [4.78, 5) is 24.8. The van der Waals surface area contributed by atoms with Gasteiger partial charge in [0.1, 0.15) is 0 Å². The van der Waals surface area contributed by atoms with Gasteiger partial charge in [0.15, 0.2) is 0 Å². The average molecular weight is 338 g/mol. The van der Waals surface area contributed by atoms with Crippen LogP contribution in [0.15, 0.2) is 48.5 Å². The van der Waals surface area contributed by atoms with Crippen molar-refractivity contribution >= 4 is 12.0 Å². The van der Waals surface area contributed by atoms with E-state index in [1.54, 1.807) is 0 Å². The summed E-state index contributed by atoms with van der Waals surface area (Å²) < 4.78 is 0. The molecule has 1 aliphatic rings. The summed E-state index contributed by atoms with van der Waals surface area (Å²) in [5, 5.41) is 11.7. The molecule has 1 aliphatic heterocycles. The summed E-state index contributed by atoms with van der Waals surface area (Å²) in [5.74, 6) is -0.792. The van der Waals surface area contributed by atoms with Crippen LogP contribution in [0.25, 0.3) is 0 Å². The summed E-state index contributed by atoms with van der Waals surface area (Å²) >= 11 is 0. The first-order chi connectivity index (χ1) is 12.1. The number of carbonyl (C=O) groups excluding carboxylic acids is 1. The monoisotopic (exact) mass is 338 g/mol. The number of amides is 2. The van der Waals surface area contributed by atoms with E-state index in [0.29, 0.717) is 19.5 Å². The maximum Gasteiger partial charge on any atom is 0.317 e. The molecule has 2 aromatic rings. The number of aliphatic carboxylic acids is 1. The maximum absolute atomic E-state index is 12.4. The normalized spacial score (nSPS) is 13.2. The number of urea groups is 1. The SMILES string of the molecule is O=C(O)CCc1ccc(CNC(=O)N2CCc3ccccc3C2)cc1. The minimum atomic E-state index is -0.792. The van der Waals surface area contributed by atoms with Crippen molar-refractivity contribution in [2.24, 2.45) is 0 Å². The zero-order valence-corrected chi connectivity index (χ0v) is 14.1. The van der Waals surface area contributed by atoms with Gasteiger partial charge >= 0.3 is 12.0 Å². The number of carboxylic acid groups (broad SMARTS) is 1. The van der Waals surface area contributed by atoms with Crippen LogP contribution in [0.2, 0.25) is 0 Å². The highest BCUT2D eigenvalue weighted by atomic mass is 16.4. The quantitative estimate of drug-likeness (QED) is 0.880. The molecule has 1 heterocycles. The van der Waals surface area contributed by atoms with E-state index in [0.717, 1.165) is 24.1 Å². The molecule has 0 bridgehead atoms. The molecule has 2 aromatic carbocycles. The fourth-order valence-electron chi connectivity index (χ4n) is 3.03. The van der Waals surface area contributed by atoms with Gasteiger partial charge in [-0.1, -0.05) is 48.5 Å². The molecule has 0 saturated carbocycles. The summed E-state index contributed by atoms with van der Waals surface area (Å²) in [7, 11) is 0. The van der Waals surface area contributed by atoms with Crippen molar-refractivity contribution in [3.63, 3.8) is 0 Å². The molecule has 3 rings (SSSR count). The van der Waals surface area contributed by atoms with Gasteiger partial charge in [0, 0.05) is 26.1 Å². The molecule has 2 amide bonds. The largest absolute Gasteiger partial charge is 0.481 e. The smallest absolute Gasteiger partial charge is 0.317 e. The van der Waals surface area contributed by atoms with E-state index in [-0.39, 0.29) is 12.5 Å². The number of rotatable bonds is 5. The lowest BCUT2D eigenvalue weighted by Crippen LogP contribution is -2.42. The summed E-state index contributed by atoms with van der Waals surface area (Å²) in [5.41, 5.74) is 4.53. The van der Waals surface area contributed by atoms with Gasteiger partial charge in [-0.3, -0.25) is 4.79 Å². The van der Waals surface area contributed by atoms with Crippen molar-refractivity contribution < 1.29 is 14.7 Å². The van der Waals surface area contributed by atoms with Gasteiger partial charge < -0.3 is 15.3 Å². The van der Waals surface area contributed by atoms with E-state index in [2.05, 4.69) is 17.4 Å². The van der Waals surface area contributed by atoms with Gasteiger partial charge in [0.05, 0.1) is 0 Å². The van der Waals surface area contributed by atoms with Gasteiger partial charge in [-0.2, -0.15) is 0 Å². The van der Waals surface area contributed by atoms with Crippen LogP contribution in [0.5, 0.6) is 0 Å². The zero-order valence-electron chi connectivity index (χ0n) is 14.1. The standard InChI is InChI=1S/C20H22N2O3/c23-19(24)10-9-15-5-7-16(8-6-15)13-21-20(25)22-12-11-17-3-1-2-4-18(17)14-22/h1-8H,9-14H2,(H,21,25)(H,23,24). The van der Waals surface area contributed by atoms with Gasteiger partial charge in [0.2, 0.25) is 0 Å². The Hall–Kier alpha value is -2.82. The number of carbonyl (C=O) groups is 2. The van der Waals surface area contributed by atoms with Gasteiger partial charge in [-0.15, -0.1) is 0 Å². The van der Waals surface area contributed by atoms with E-state index in [4.69, 9.17) is 5.11 Å². The molecule has 0 unspecified atom stereocenters.